The van der Waals surface area contributed by atoms with Gasteiger partial charge in [0.15, 0.2) is 5.96 Å². The summed E-state index contributed by atoms with van der Waals surface area (Å²) < 4.78 is 12.2. The van der Waals surface area contributed by atoms with E-state index in [0.717, 1.165) is 37.5 Å². The molecule has 2 aromatic carbocycles. The SMILES string of the molecule is CN=C(NCCS(=O)Cc1ccccc1)NC1CCN(c2ccccc2)CC1.I. The number of benzene rings is 2. The van der Waals surface area contributed by atoms with E-state index in [2.05, 4.69) is 50.9 Å². The molecule has 2 N–H and O–H groups in total. The van der Waals surface area contributed by atoms with Gasteiger partial charge in [-0.1, -0.05) is 48.5 Å². The molecule has 0 aromatic heterocycles. The monoisotopic (exact) mass is 526 g/mol. The minimum atomic E-state index is -0.874. The van der Waals surface area contributed by atoms with Crippen LogP contribution in [0.2, 0.25) is 0 Å². The van der Waals surface area contributed by atoms with E-state index in [9.17, 15) is 4.21 Å². The highest BCUT2D eigenvalue weighted by Gasteiger charge is 2.20. The minimum Gasteiger partial charge on any atom is -0.371 e. The van der Waals surface area contributed by atoms with Crippen LogP contribution in [0, 0.1) is 0 Å². The zero-order chi connectivity index (χ0) is 19.6. The maximum absolute atomic E-state index is 12.2. The van der Waals surface area contributed by atoms with Gasteiger partial charge in [-0.3, -0.25) is 9.20 Å². The number of rotatable bonds is 7. The van der Waals surface area contributed by atoms with Crippen molar-refractivity contribution in [2.45, 2.75) is 24.6 Å². The smallest absolute Gasteiger partial charge is 0.191 e. The first-order valence-electron chi connectivity index (χ1n) is 9.90. The highest BCUT2D eigenvalue weighted by atomic mass is 127. The molecule has 0 spiro atoms. The molecule has 2 aromatic rings. The van der Waals surface area contributed by atoms with Crippen LogP contribution < -0.4 is 15.5 Å². The van der Waals surface area contributed by atoms with Crippen molar-refractivity contribution in [3.8, 4) is 0 Å². The van der Waals surface area contributed by atoms with Gasteiger partial charge in [0.1, 0.15) is 0 Å². The Balaban J connectivity index is 0.00000300. The first-order valence-corrected chi connectivity index (χ1v) is 11.4. The summed E-state index contributed by atoms with van der Waals surface area (Å²) in [5.74, 6) is 2.02. The van der Waals surface area contributed by atoms with Crippen LogP contribution >= 0.6 is 24.0 Å². The third-order valence-corrected chi connectivity index (χ3v) is 6.29. The van der Waals surface area contributed by atoms with E-state index in [1.807, 2.05) is 30.3 Å². The van der Waals surface area contributed by atoms with Crippen molar-refractivity contribution in [1.29, 1.82) is 0 Å². The lowest BCUT2D eigenvalue weighted by Gasteiger charge is -2.34. The molecule has 1 atom stereocenters. The van der Waals surface area contributed by atoms with Crippen LogP contribution in [-0.4, -0.2) is 48.6 Å². The van der Waals surface area contributed by atoms with Gasteiger partial charge in [0, 0.05) is 60.7 Å². The van der Waals surface area contributed by atoms with E-state index in [1.165, 1.54) is 5.69 Å². The van der Waals surface area contributed by atoms with E-state index in [-0.39, 0.29) is 24.0 Å². The highest BCUT2D eigenvalue weighted by Crippen LogP contribution is 2.19. The lowest BCUT2D eigenvalue weighted by atomic mass is 10.0. The largest absolute Gasteiger partial charge is 0.371 e. The topological polar surface area (TPSA) is 56.7 Å². The molecule has 1 saturated heterocycles. The van der Waals surface area contributed by atoms with Crippen molar-refractivity contribution in [3.05, 3.63) is 66.2 Å². The summed E-state index contributed by atoms with van der Waals surface area (Å²) in [4.78, 5) is 6.75. The Morgan fingerprint density at radius 1 is 1.07 bits per heavy atom. The fraction of sp³-hybridized carbons (Fsp3) is 0.409. The van der Waals surface area contributed by atoms with Gasteiger partial charge in [0.2, 0.25) is 0 Å². The Kier molecular flexibility index (Phi) is 10.5. The molecule has 1 heterocycles. The van der Waals surface area contributed by atoms with Gasteiger partial charge < -0.3 is 15.5 Å². The molecule has 0 aliphatic carbocycles. The fourth-order valence-corrected chi connectivity index (χ4v) is 4.46. The van der Waals surface area contributed by atoms with Gasteiger partial charge in [0.05, 0.1) is 0 Å². The molecular formula is C22H31IN4OS. The average Bonchev–Trinajstić information content (AvgIpc) is 2.75. The summed E-state index contributed by atoms with van der Waals surface area (Å²) in [6.07, 6.45) is 2.16. The lowest BCUT2D eigenvalue weighted by Crippen LogP contribution is -2.49. The number of aliphatic imine (C=N–C) groups is 1. The number of halogens is 1. The quantitative estimate of drug-likeness (QED) is 0.330. The summed E-state index contributed by atoms with van der Waals surface area (Å²) in [7, 11) is 0.913. The van der Waals surface area contributed by atoms with Gasteiger partial charge in [-0.05, 0) is 30.5 Å². The summed E-state index contributed by atoms with van der Waals surface area (Å²) in [5.41, 5.74) is 2.41. The van der Waals surface area contributed by atoms with Gasteiger partial charge in [-0.15, -0.1) is 24.0 Å². The predicted octanol–water partition coefficient (Wildman–Crippen LogP) is 3.39. The summed E-state index contributed by atoms with van der Waals surface area (Å²) in [5, 5.41) is 6.82. The van der Waals surface area contributed by atoms with Crippen LogP contribution in [0.3, 0.4) is 0 Å². The van der Waals surface area contributed by atoms with Gasteiger partial charge >= 0.3 is 0 Å². The predicted molar refractivity (Wildman–Crippen MR) is 135 cm³/mol. The molecule has 5 nitrogen and oxygen atoms in total. The second-order valence-electron chi connectivity index (χ2n) is 7.01. The van der Waals surface area contributed by atoms with Gasteiger partial charge in [-0.2, -0.15) is 0 Å². The van der Waals surface area contributed by atoms with Crippen molar-refractivity contribution in [3.63, 3.8) is 0 Å². The van der Waals surface area contributed by atoms with E-state index in [4.69, 9.17) is 0 Å². The Labute approximate surface area is 193 Å². The maximum Gasteiger partial charge on any atom is 0.191 e. The molecule has 3 rings (SSSR count). The van der Waals surface area contributed by atoms with Crippen LogP contribution in [0.15, 0.2) is 65.7 Å². The Bertz CT molecular complexity index is 765. The average molecular weight is 526 g/mol. The minimum absolute atomic E-state index is 0. The Morgan fingerprint density at radius 2 is 1.69 bits per heavy atom. The summed E-state index contributed by atoms with van der Waals surface area (Å²) in [6.45, 7) is 2.74. The van der Waals surface area contributed by atoms with E-state index < -0.39 is 10.8 Å². The van der Waals surface area contributed by atoms with Crippen LogP contribution in [0.5, 0.6) is 0 Å². The zero-order valence-corrected chi connectivity index (χ0v) is 20.1. The third-order valence-electron chi connectivity index (χ3n) is 4.97. The number of nitrogens with one attached hydrogen (secondary N) is 2. The molecule has 0 amide bonds. The molecule has 1 aliphatic rings. The number of piperidine rings is 1. The molecule has 1 unspecified atom stereocenters. The third kappa shape index (κ3) is 7.97. The Morgan fingerprint density at radius 3 is 2.31 bits per heavy atom. The number of para-hydroxylation sites is 1. The second kappa shape index (κ2) is 12.8. The van der Waals surface area contributed by atoms with E-state index in [0.29, 0.717) is 24.1 Å². The maximum atomic E-state index is 12.2. The molecular weight excluding hydrogens is 495 g/mol. The molecule has 0 saturated carbocycles. The van der Waals surface area contributed by atoms with Crippen LogP contribution in [-0.2, 0) is 16.6 Å². The number of guanidine groups is 1. The summed E-state index contributed by atoms with van der Waals surface area (Å²) in [6, 6.07) is 21.0. The standard InChI is InChI=1S/C22H30N4OS.HI/c1-23-22(24-14-17-28(27)18-19-8-4-2-5-9-19)25-20-12-15-26(16-13-20)21-10-6-3-7-11-21;/h2-11,20H,12-18H2,1H3,(H2,23,24,25);1H. The van der Waals surface area contributed by atoms with Crippen LogP contribution in [0.4, 0.5) is 5.69 Å². The number of hydrogen-bond donors (Lipinski definition) is 2. The van der Waals surface area contributed by atoms with Crippen LogP contribution in [0.25, 0.3) is 0 Å². The molecule has 1 fully saturated rings. The Hall–Kier alpha value is -1.61. The number of anilines is 1. The number of hydrogen-bond acceptors (Lipinski definition) is 3. The van der Waals surface area contributed by atoms with Crippen molar-refractivity contribution >= 4 is 46.4 Å². The van der Waals surface area contributed by atoms with E-state index in [1.54, 1.807) is 7.05 Å². The van der Waals surface area contributed by atoms with Crippen molar-refractivity contribution in [2.24, 2.45) is 4.99 Å². The second-order valence-corrected chi connectivity index (χ2v) is 8.59. The highest BCUT2D eigenvalue weighted by molar-refractivity contribution is 14.0. The first kappa shape index (κ1) is 23.7. The van der Waals surface area contributed by atoms with Gasteiger partial charge in [-0.25, -0.2) is 0 Å². The molecule has 0 bridgehead atoms. The van der Waals surface area contributed by atoms with E-state index >= 15 is 0 Å². The van der Waals surface area contributed by atoms with Crippen molar-refractivity contribution in [2.75, 3.05) is 37.3 Å². The zero-order valence-electron chi connectivity index (χ0n) is 16.9. The molecule has 0 radical (unpaired) electrons. The van der Waals surface area contributed by atoms with Crippen LogP contribution in [0.1, 0.15) is 18.4 Å². The molecule has 7 heteroatoms. The lowest BCUT2D eigenvalue weighted by molar-refractivity contribution is 0.462. The van der Waals surface area contributed by atoms with Gasteiger partial charge in [0.25, 0.3) is 0 Å². The first-order chi connectivity index (χ1) is 13.7. The fourth-order valence-electron chi connectivity index (χ4n) is 3.42. The van der Waals surface area contributed by atoms with Crippen molar-refractivity contribution in [1.82, 2.24) is 10.6 Å². The molecule has 1 aliphatic heterocycles. The molecule has 29 heavy (non-hydrogen) atoms. The van der Waals surface area contributed by atoms with Crippen molar-refractivity contribution < 1.29 is 4.21 Å². The number of nitrogens with zero attached hydrogens (tertiary/aromatic N) is 2. The molecule has 158 valence electrons. The summed E-state index contributed by atoms with van der Waals surface area (Å²) >= 11 is 0. The normalized spacial score (nSPS) is 16.0.